The number of rotatable bonds is 4. The second-order valence-electron chi connectivity index (χ2n) is 7.36. The third kappa shape index (κ3) is 3.25. The van der Waals surface area contributed by atoms with E-state index in [1.54, 1.807) is 0 Å². The summed E-state index contributed by atoms with van der Waals surface area (Å²) in [5, 5.41) is 4.00. The molecule has 2 aliphatic carbocycles. The molecule has 0 radical (unpaired) electrons. The zero-order valence-corrected chi connectivity index (χ0v) is 13.2. The van der Waals surface area contributed by atoms with Crippen LogP contribution in [0.25, 0.3) is 0 Å². The topological polar surface area (TPSA) is 12.0 Å². The van der Waals surface area contributed by atoms with E-state index in [1.807, 2.05) is 0 Å². The number of aryl methyl sites for hydroxylation is 1. The van der Waals surface area contributed by atoms with Gasteiger partial charge in [0.1, 0.15) is 0 Å². The van der Waals surface area contributed by atoms with Crippen molar-refractivity contribution in [3.8, 4) is 0 Å². The average Bonchev–Trinajstić information content (AvgIpc) is 3.26. The number of hydrogen-bond acceptors (Lipinski definition) is 1. The van der Waals surface area contributed by atoms with Crippen molar-refractivity contribution in [3.05, 3.63) is 35.4 Å². The lowest BCUT2D eigenvalue weighted by molar-refractivity contribution is 0.210. The maximum absolute atomic E-state index is 4.00. The lowest BCUT2D eigenvalue weighted by Gasteiger charge is -2.35. The van der Waals surface area contributed by atoms with Gasteiger partial charge in [-0.2, -0.15) is 0 Å². The highest BCUT2D eigenvalue weighted by molar-refractivity contribution is 5.25. The summed E-state index contributed by atoms with van der Waals surface area (Å²) in [6.07, 6.45) is 6.93. The van der Waals surface area contributed by atoms with Crippen molar-refractivity contribution < 1.29 is 0 Å². The molecule has 3 rings (SSSR count). The van der Waals surface area contributed by atoms with Crippen LogP contribution in [0.2, 0.25) is 0 Å². The quantitative estimate of drug-likeness (QED) is 0.824. The molecule has 0 saturated heterocycles. The van der Waals surface area contributed by atoms with E-state index < -0.39 is 0 Å². The van der Waals surface area contributed by atoms with E-state index in [0.717, 1.165) is 23.8 Å². The minimum Gasteiger partial charge on any atom is -0.307 e. The van der Waals surface area contributed by atoms with Crippen molar-refractivity contribution in [1.29, 1.82) is 0 Å². The standard InChI is InChI=1S/C19H29N/c1-13-4-7-16(8-5-13)19(17-9-10-17)20-18-11-6-14(2)15(3)12-18/h4-5,7-8,14-15,17-20H,6,9-12H2,1-3H3. The summed E-state index contributed by atoms with van der Waals surface area (Å²) in [5.74, 6) is 2.67. The molecule has 1 heteroatoms. The van der Waals surface area contributed by atoms with Crippen molar-refractivity contribution in [2.45, 2.75) is 65.0 Å². The van der Waals surface area contributed by atoms with Crippen LogP contribution >= 0.6 is 0 Å². The lowest BCUT2D eigenvalue weighted by Crippen LogP contribution is -2.39. The van der Waals surface area contributed by atoms with Gasteiger partial charge in [-0.25, -0.2) is 0 Å². The third-order valence-electron chi connectivity index (χ3n) is 5.54. The zero-order chi connectivity index (χ0) is 14.1. The molecule has 2 saturated carbocycles. The van der Waals surface area contributed by atoms with Crippen LogP contribution in [0.5, 0.6) is 0 Å². The molecule has 0 aliphatic heterocycles. The van der Waals surface area contributed by atoms with E-state index >= 15 is 0 Å². The van der Waals surface area contributed by atoms with Gasteiger partial charge in [-0.3, -0.25) is 0 Å². The van der Waals surface area contributed by atoms with Gasteiger partial charge in [-0.15, -0.1) is 0 Å². The summed E-state index contributed by atoms with van der Waals surface area (Å²) in [7, 11) is 0. The lowest BCUT2D eigenvalue weighted by atomic mass is 9.78. The Kier molecular flexibility index (Phi) is 4.16. The van der Waals surface area contributed by atoms with E-state index in [1.165, 1.54) is 43.2 Å². The Balaban J connectivity index is 1.67. The van der Waals surface area contributed by atoms with Crippen molar-refractivity contribution in [2.24, 2.45) is 17.8 Å². The molecular formula is C19H29N. The smallest absolute Gasteiger partial charge is 0.0351 e. The Hall–Kier alpha value is -0.820. The predicted molar refractivity (Wildman–Crippen MR) is 85.7 cm³/mol. The van der Waals surface area contributed by atoms with Gasteiger partial charge >= 0.3 is 0 Å². The molecule has 2 aliphatic rings. The largest absolute Gasteiger partial charge is 0.307 e. The highest BCUT2D eigenvalue weighted by atomic mass is 15.0. The van der Waals surface area contributed by atoms with Gasteiger partial charge in [-0.1, -0.05) is 43.7 Å². The molecule has 4 unspecified atom stereocenters. The Morgan fingerprint density at radius 2 is 1.65 bits per heavy atom. The van der Waals surface area contributed by atoms with Gasteiger partial charge in [0.15, 0.2) is 0 Å². The summed E-state index contributed by atoms with van der Waals surface area (Å²) in [5.41, 5.74) is 2.87. The first-order valence-corrected chi connectivity index (χ1v) is 8.46. The van der Waals surface area contributed by atoms with Crippen molar-refractivity contribution in [2.75, 3.05) is 0 Å². The molecule has 0 bridgehead atoms. The van der Waals surface area contributed by atoms with Gasteiger partial charge in [0, 0.05) is 12.1 Å². The Morgan fingerprint density at radius 3 is 2.25 bits per heavy atom. The monoisotopic (exact) mass is 271 g/mol. The normalized spacial score (nSPS) is 32.0. The maximum atomic E-state index is 4.00. The Labute approximate surface area is 124 Å². The predicted octanol–water partition coefficient (Wildman–Crippen LogP) is 4.86. The van der Waals surface area contributed by atoms with E-state index in [4.69, 9.17) is 0 Å². The molecular weight excluding hydrogens is 242 g/mol. The van der Waals surface area contributed by atoms with Gasteiger partial charge in [0.2, 0.25) is 0 Å². The molecule has 0 aromatic heterocycles. The van der Waals surface area contributed by atoms with Gasteiger partial charge < -0.3 is 5.32 Å². The summed E-state index contributed by atoms with van der Waals surface area (Å²) >= 11 is 0. The average molecular weight is 271 g/mol. The fraction of sp³-hybridized carbons (Fsp3) is 0.684. The van der Waals surface area contributed by atoms with Crippen LogP contribution in [0, 0.1) is 24.7 Å². The zero-order valence-electron chi connectivity index (χ0n) is 13.2. The highest BCUT2D eigenvalue weighted by Crippen LogP contribution is 2.42. The third-order valence-corrected chi connectivity index (χ3v) is 5.54. The SMILES string of the molecule is Cc1ccc(C(NC2CCC(C)C(C)C2)C2CC2)cc1. The second-order valence-corrected chi connectivity index (χ2v) is 7.36. The number of nitrogens with one attached hydrogen (secondary N) is 1. The van der Waals surface area contributed by atoms with Gasteiger partial charge in [0.25, 0.3) is 0 Å². The minimum absolute atomic E-state index is 0.598. The van der Waals surface area contributed by atoms with E-state index in [2.05, 4.69) is 50.4 Å². The molecule has 1 N–H and O–H groups in total. The first-order chi connectivity index (χ1) is 9.63. The minimum atomic E-state index is 0.598. The molecule has 4 atom stereocenters. The van der Waals surface area contributed by atoms with Crippen LogP contribution in [-0.2, 0) is 0 Å². The van der Waals surface area contributed by atoms with Gasteiger partial charge in [-0.05, 0) is 62.3 Å². The van der Waals surface area contributed by atoms with Crippen LogP contribution in [0.4, 0.5) is 0 Å². The fourth-order valence-corrected chi connectivity index (χ4v) is 3.66. The van der Waals surface area contributed by atoms with Crippen LogP contribution in [0.1, 0.15) is 63.1 Å². The molecule has 1 aromatic carbocycles. The van der Waals surface area contributed by atoms with Crippen LogP contribution in [-0.4, -0.2) is 6.04 Å². The van der Waals surface area contributed by atoms with Crippen molar-refractivity contribution in [1.82, 2.24) is 5.32 Å². The summed E-state index contributed by atoms with van der Waals surface area (Å²) < 4.78 is 0. The molecule has 0 amide bonds. The summed E-state index contributed by atoms with van der Waals surface area (Å²) in [6, 6.07) is 10.5. The van der Waals surface area contributed by atoms with E-state index in [9.17, 15) is 0 Å². The number of benzene rings is 1. The first-order valence-electron chi connectivity index (χ1n) is 8.46. The fourth-order valence-electron chi connectivity index (χ4n) is 3.66. The number of hydrogen-bond donors (Lipinski definition) is 1. The molecule has 1 aromatic rings. The first kappa shape index (κ1) is 14.1. The highest BCUT2D eigenvalue weighted by Gasteiger charge is 2.35. The summed E-state index contributed by atoms with van der Waals surface area (Å²) in [6.45, 7) is 7.02. The van der Waals surface area contributed by atoms with E-state index in [0.29, 0.717) is 6.04 Å². The second kappa shape index (κ2) is 5.89. The van der Waals surface area contributed by atoms with Crippen LogP contribution in [0.15, 0.2) is 24.3 Å². The van der Waals surface area contributed by atoms with Gasteiger partial charge in [0.05, 0.1) is 0 Å². The molecule has 0 heterocycles. The maximum Gasteiger partial charge on any atom is 0.0351 e. The van der Waals surface area contributed by atoms with Crippen LogP contribution < -0.4 is 5.32 Å². The Bertz CT molecular complexity index is 432. The Morgan fingerprint density at radius 1 is 0.950 bits per heavy atom. The van der Waals surface area contributed by atoms with Crippen LogP contribution in [0.3, 0.4) is 0 Å². The summed E-state index contributed by atoms with van der Waals surface area (Å²) in [4.78, 5) is 0. The van der Waals surface area contributed by atoms with Crippen molar-refractivity contribution in [3.63, 3.8) is 0 Å². The molecule has 0 spiro atoms. The molecule has 1 nitrogen and oxygen atoms in total. The molecule has 110 valence electrons. The van der Waals surface area contributed by atoms with E-state index in [-0.39, 0.29) is 0 Å². The van der Waals surface area contributed by atoms with Crippen molar-refractivity contribution >= 4 is 0 Å². The molecule has 20 heavy (non-hydrogen) atoms. The molecule has 2 fully saturated rings.